The van der Waals surface area contributed by atoms with Crippen LogP contribution in [0, 0.1) is 5.92 Å². The molecule has 0 radical (unpaired) electrons. The summed E-state index contributed by atoms with van der Waals surface area (Å²) in [5.74, 6) is 1.67. The lowest BCUT2D eigenvalue weighted by Crippen LogP contribution is -2.35. The molecule has 1 aromatic carbocycles. The van der Waals surface area contributed by atoms with Crippen LogP contribution in [0.5, 0.6) is 0 Å². The highest BCUT2D eigenvalue weighted by molar-refractivity contribution is 7.67. The molecule has 0 N–H and O–H groups in total. The first-order valence-electron chi connectivity index (χ1n) is 15.3. The Labute approximate surface area is 221 Å². The summed E-state index contributed by atoms with van der Waals surface area (Å²) in [7, 11) is -0.0984. The molecule has 35 heavy (non-hydrogen) atoms. The lowest BCUT2D eigenvalue weighted by atomic mass is 9.87. The second-order valence-corrected chi connectivity index (χ2v) is 21.2. The third-order valence-electron chi connectivity index (χ3n) is 9.59. The highest BCUT2D eigenvalue weighted by Gasteiger charge is 2.45. The molecule has 3 saturated carbocycles. The molecule has 0 aliphatic heterocycles. The van der Waals surface area contributed by atoms with E-state index < -0.39 is 0 Å². The van der Waals surface area contributed by atoms with Crippen LogP contribution in [0.25, 0.3) is 0 Å². The van der Waals surface area contributed by atoms with Crippen LogP contribution < -0.4 is 5.30 Å². The third kappa shape index (κ3) is 6.57. The summed E-state index contributed by atoms with van der Waals surface area (Å²) < 4.78 is 0. The van der Waals surface area contributed by atoms with Gasteiger partial charge in [0, 0.05) is 0 Å². The van der Waals surface area contributed by atoms with Gasteiger partial charge in [0.2, 0.25) is 0 Å². The third-order valence-corrected chi connectivity index (χ3v) is 17.3. The van der Waals surface area contributed by atoms with Gasteiger partial charge in [-0.1, -0.05) is 134 Å². The summed E-state index contributed by atoms with van der Waals surface area (Å²) in [6.45, 7) is 17.9. The van der Waals surface area contributed by atoms with E-state index in [0.717, 1.165) is 28.8 Å². The Morgan fingerprint density at radius 1 is 0.657 bits per heavy atom. The molecule has 0 bridgehead atoms. The van der Waals surface area contributed by atoms with Gasteiger partial charge in [0.1, 0.15) is 0 Å². The summed E-state index contributed by atoms with van der Waals surface area (Å²) in [6.07, 6.45) is 19.3. The normalized spacial score (nSPS) is 26.5. The van der Waals surface area contributed by atoms with Crippen molar-refractivity contribution >= 4 is 21.1 Å². The maximum Gasteiger partial charge on any atom is -0.0121 e. The smallest absolute Gasteiger partial charge is 0.0121 e. The van der Waals surface area contributed by atoms with Crippen LogP contribution in [-0.2, 0) is 0 Å². The summed E-state index contributed by atoms with van der Waals surface area (Å²) in [5.41, 5.74) is 4.66. The minimum Gasteiger partial charge on any atom is -0.0924 e. The first kappa shape index (κ1) is 28.1. The van der Waals surface area contributed by atoms with Gasteiger partial charge in [0.15, 0.2) is 0 Å². The summed E-state index contributed by atoms with van der Waals surface area (Å²) in [6, 6.07) is 10.1. The Kier molecular flexibility index (Phi) is 9.52. The van der Waals surface area contributed by atoms with Crippen molar-refractivity contribution in [2.45, 2.75) is 165 Å². The molecular weight excluding hydrogens is 458 g/mol. The summed E-state index contributed by atoms with van der Waals surface area (Å²) >= 11 is 0. The van der Waals surface area contributed by atoms with E-state index in [2.05, 4.69) is 72.7 Å². The van der Waals surface area contributed by atoms with Crippen molar-refractivity contribution in [3.8, 4) is 0 Å². The molecule has 3 fully saturated rings. The van der Waals surface area contributed by atoms with E-state index in [1.807, 2.05) is 10.9 Å². The van der Waals surface area contributed by atoms with Crippen molar-refractivity contribution in [2.24, 2.45) is 5.92 Å². The van der Waals surface area contributed by atoms with Gasteiger partial charge >= 0.3 is 0 Å². The van der Waals surface area contributed by atoms with Gasteiger partial charge in [-0.2, -0.15) is 0 Å². The highest BCUT2D eigenvalue weighted by atomic mass is 31.1. The van der Waals surface area contributed by atoms with E-state index in [0.29, 0.717) is 10.3 Å². The molecule has 3 aliphatic rings. The average molecular weight is 515 g/mol. The molecule has 0 heterocycles. The molecule has 198 valence electrons. The largest absolute Gasteiger partial charge is 0.0924 e. The molecule has 0 spiro atoms. The molecule has 2 heteroatoms. The topological polar surface area (TPSA) is 0 Å². The van der Waals surface area contributed by atoms with Crippen LogP contribution in [0.2, 0.25) is 0 Å². The van der Waals surface area contributed by atoms with Crippen molar-refractivity contribution in [1.82, 2.24) is 0 Å². The average Bonchev–Trinajstić information content (AvgIpc) is 3.29. The molecule has 4 rings (SSSR count). The van der Waals surface area contributed by atoms with Gasteiger partial charge in [0.25, 0.3) is 0 Å². The minimum atomic E-state index is -0.0759. The Hall–Kier alpha value is 0.0800. The van der Waals surface area contributed by atoms with E-state index in [1.165, 1.54) is 83.5 Å². The monoisotopic (exact) mass is 514 g/mol. The number of rotatable bonds is 6. The molecule has 0 saturated heterocycles. The first-order valence-corrected chi connectivity index (χ1v) is 18.1. The fourth-order valence-corrected chi connectivity index (χ4v) is 18.0. The first-order chi connectivity index (χ1) is 16.6. The second kappa shape index (κ2) is 11.9. The Morgan fingerprint density at radius 3 is 1.69 bits per heavy atom. The predicted molar refractivity (Wildman–Crippen MR) is 163 cm³/mol. The van der Waals surface area contributed by atoms with Gasteiger partial charge in [-0.25, -0.2) is 0 Å². The Balaban J connectivity index is 1.69. The van der Waals surface area contributed by atoms with Crippen LogP contribution in [0.1, 0.15) is 143 Å². The molecular formula is C33H56P2. The fraction of sp³-hybridized carbons (Fsp3) is 0.818. The van der Waals surface area contributed by atoms with E-state index in [9.17, 15) is 0 Å². The van der Waals surface area contributed by atoms with Crippen molar-refractivity contribution in [2.75, 3.05) is 0 Å². The van der Waals surface area contributed by atoms with Crippen LogP contribution in [-0.4, -0.2) is 27.3 Å². The van der Waals surface area contributed by atoms with Gasteiger partial charge in [-0.05, 0) is 88.5 Å². The highest BCUT2D eigenvalue weighted by Crippen LogP contribution is 2.67. The van der Waals surface area contributed by atoms with Gasteiger partial charge in [-0.15, -0.1) is 0 Å². The van der Waals surface area contributed by atoms with Crippen LogP contribution >= 0.6 is 15.8 Å². The minimum absolute atomic E-state index is 0.0225. The van der Waals surface area contributed by atoms with E-state index >= 15 is 0 Å². The zero-order valence-electron chi connectivity index (χ0n) is 24.3. The van der Waals surface area contributed by atoms with Crippen LogP contribution in [0.3, 0.4) is 0 Å². The molecule has 1 aromatic rings. The fourth-order valence-electron chi connectivity index (χ4n) is 8.82. The maximum absolute atomic E-state index is 2.67. The summed E-state index contributed by atoms with van der Waals surface area (Å²) in [4.78, 5) is 0. The van der Waals surface area contributed by atoms with Crippen molar-refractivity contribution < 1.29 is 0 Å². The number of hydrogen-bond acceptors (Lipinski definition) is 0. The van der Waals surface area contributed by atoms with E-state index in [4.69, 9.17) is 0 Å². The zero-order chi connectivity index (χ0) is 25.2. The number of hydrogen-bond donors (Lipinski definition) is 0. The lowest BCUT2D eigenvalue weighted by Gasteiger charge is -2.48. The van der Waals surface area contributed by atoms with Gasteiger partial charge in [0.05, 0.1) is 0 Å². The van der Waals surface area contributed by atoms with Crippen molar-refractivity contribution in [1.29, 1.82) is 0 Å². The molecule has 3 atom stereocenters. The van der Waals surface area contributed by atoms with Gasteiger partial charge in [-0.3, -0.25) is 0 Å². The lowest BCUT2D eigenvalue weighted by molar-refractivity contribution is 0.466. The van der Waals surface area contributed by atoms with E-state index in [1.54, 1.807) is 0 Å². The van der Waals surface area contributed by atoms with Gasteiger partial charge < -0.3 is 0 Å². The Morgan fingerprint density at radius 2 is 1.17 bits per heavy atom. The van der Waals surface area contributed by atoms with Crippen LogP contribution in [0.15, 0.2) is 24.3 Å². The second-order valence-electron chi connectivity index (χ2n) is 14.2. The molecule has 2 unspecified atom stereocenters. The SMILES string of the molecule is C[C@@H](C1CCCC1c1ccccc1P(C1CCCCC1)C1CCCCC1)P(C(C)(C)C)C(C)(C)C. The molecule has 0 amide bonds. The van der Waals surface area contributed by atoms with Crippen LogP contribution in [0.4, 0.5) is 0 Å². The molecule has 0 nitrogen and oxygen atoms in total. The molecule has 0 aromatic heterocycles. The maximum atomic E-state index is 2.67. The predicted octanol–water partition coefficient (Wildman–Crippen LogP) is 10.8. The van der Waals surface area contributed by atoms with Crippen molar-refractivity contribution in [3.63, 3.8) is 0 Å². The standard InChI is InChI=1S/C33H56P2/c1-25(35(32(2,3)4)33(5,6)7)28-22-16-23-29(28)30-21-14-15-24-31(30)34(26-17-10-8-11-18-26)27-19-12-9-13-20-27/h14-15,21,24-29H,8-13,16-20,22-23H2,1-7H3/t25-,28?,29?/m0/s1. The Bertz CT molecular complexity index is 756. The zero-order valence-corrected chi connectivity index (χ0v) is 26.1. The number of benzene rings is 1. The van der Waals surface area contributed by atoms with E-state index in [-0.39, 0.29) is 15.8 Å². The molecule has 3 aliphatic carbocycles. The van der Waals surface area contributed by atoms with Crippen molar-refractivity contribution in [3.05, 3.63) is 29.8 Å². The quantitative estimate of drug-likeness (QED) is 0.331. The summed E-state index contributed by atoms with van der Waals surface area (Å²) in [5, 5.41) is 2.70.